The molecule has 2 N–H and O–H groups in total. The van der Waals surface area contributed by atoms with Gasteiger partial charge in [0.25, 0.3) is 5.91 Å². The highest BCUT2D eigenvalue weighted by Gasteiger charge is 2.75. The third-order valence-electron chi connectivity index (χ3n) is 9.80. The molecule has 6 rings (SSSR count). The summed E-state index contributed by atoms with van der Waals surface area (Å²) < 4.78 is 13.4. The third-order valence-corrected chi connectivity index (χ3v) is 10.8. The van der Waals surface area contributed by atoms with Gasteiger partial charge >= 0.3 is 5.97 Å². The van der Waals surface area contributed by atoms with Gasteiger partial charge in [-0.3, -0.25) is 19.2 Å². The molecule has 1 spiro atoms. The van der Waals surface area contributed by atoms with Crippen LogP contribution in [0.4, 0.5) is 5.69 Å². The van der Waals surface area contributed by atoms with Gasteiger partial charge in [0.15, 0.2) is 0 Å². The molecule has 2 fully saturated rings. The van der Waals surface area contributed by atoms with Crippen molar-refractivity contribution < 1.29 is 33.8 Å². The predicted octanol–water partition coefficient (Wildman–Crippen LogP) is 4.70. The fraction of sp³-hybridized carbons (Fsp3) is 0.444. The summed E-state index contributed by atoms with van der Waals surface area (Å²) in [4.78, 5) is 60.1. The number of rotatable bonds is 5. The number of ether oxygens (including phenoxy) is 2. The van der Waals surface area contributed by atoms with Crippen LogP contribution in [0.2, 0.25) is 5.02 Å². The number of nitrogens with one attached hydrogen (secondary N) is 1. The summed E-state index contributed by atoms with van der Waals surface area (Å²) in [5.74, 6) is -4.33. The number of cyclic esters (lactones) is 1. The van der Waals surface area contributed by atoms with Crippen LogP contribution in [0.3, 0.4) is 0 Å². The van der Waals surface area contributed by atoms with Gasteiger partial charge in [0.05, 0.1) is 35.3 Å². The third kappa shape index (κ3) is 5.88. The van der Waals surface area contributed by atoms with Crippen LogP contribution in [0.5, 0.6) is 0 Å². The number of likely N-dealkylation sites (tertiary alicyclic amines) is 1. The van der Waals surface area contributed by atoms with Gasteiger partial charge in [-0.25, -0.2) is 0 Å². The summed E-state index contributed by atoms with van der Waals surface area (Å²) in [5.41, 5.74) is -0.441. The Labute approximate surface area is 293 Å². The fourth-order valence-corrected chi connectivity index (χ4v) is 8.50. The highest BCUT2D eigenvalue weighted by molar-refractivity contribution is 9.11. The first-order valence-corrected chi connectivity index (χ1v) is 17.4. The normalized spacial score (nSPS) is 32.2. The summed E-state index contributed by atoms with van der Waals surface area (Å²) >= 11 is 10.2. The second-order valence-corrected chi connectivity index (χ2v) is 14.4. The number of amides is 3. The molecular weight excluding hydrogens is 702 g/mol. The van der Waals surface area contributed by atoms with Gasteiger partial charge in [-0.2, -0.15) is 0 Å². The first-order valence-electron chi connectivity index (χ1n) is 16.2. The molecule has 0 aliphatic carbocycles. The molecule has 4 heterocycles. The van der Waals surface area contributed by atoms with Crippen LogP contribution in [-0.4, -0.2) is 76.7 Å². The monoisotopic (exact) mass is 739 g/mol. The minimum absolute atomic E-state index is 0.0845. The Hall–Kier alpha value is -3.51. The number of nitrogens with zero attached hydrogens (tertiary/aromatic N) is 2. The number of hydrogen-bond donors (Lipinski definition) is 2. The molecule has 0 radical (unpaired) electrons. The molecule has 8 atom stereocenters. The first-order chi connectivity index (χ1) is 23.0. The summed E-state index contributed by atoms with van der Waals surface area (Å²) in [5, 5.41) is 13.9. The van der Waals surface area contributed by atoms with Crippen LogP contribution in [0.15, 0.2) is 77.3 Å². The molecule has 2 saturated heterocycles. The van der Waals surface area contributed by atoms with Crippen LogP contribution in [-0.2, 0) is 28.7 Å². The number of allylic oxidation sites excluding steroid dienone is 1. The van der Waals surface area contributed by atoms with E-state index in [1.165, 1.54) is 9.80 Å². The van der Waals surface area contributed by atoms with Crippen LogP contribution in [0.25, 0.3) is 0 Å². The van der Waals surface area contributed by atoms with E-state index in [-0.39, 0.29) is 24.8 Å². The zero-order chi connectivity index (χ0) is 34.3. The average molecular weight is 741 g/mol. The number of carbonyl (C=O) groups is 4. The van der Waals surface area contributed by atoms with Gasteiger partial charge in [0, 0.05) is 17.4 Å². The Kier molecular flexibility index (Phi) is 9.86. The Balaban J connectivity index is 1.51. The standard InChI is InChI=1S/C36H39BrClN3O7/c1-20(2)26(19-42)41-32-34(45)40(25-15-10-9-14-24(25)38)17-11-5-8-16-27(43)39-21(3)30(22-12-6-4-7-13-22)47-35(46)28-29(33(41)44)36(32)18-23(37)31(28)48-36/h4-7,9-15,18,20-21,26,28-32,42H,8,16-17,19H2,1-3H3,(H,39,43)/b11-5-/t21-,26-,28+,29-,30+,31+,32+,36-/m0/s1. The van der Waals surface area contributed by atoms with E-state index in [0.717, 1.165) is 0 Å². The molecule has 0 saturated carbocycles. The quantitative estimate of drug-likeness (QED) is 0.337. The van der Waals surface area contributed by atoms with Crippen molar-refractivity contribution in [2.45, 2.75) is 69.5 Å². The zero-order valence-electron chi connectivity index (χ0n) is 26.9. The van der Waals surface area contributed by atoms with E-state index in [9.17, 15) is 19.5 Å². The maximum atomic E-state index is 15.0. The zero-order valence-corrected chi connectivity index (χ0v) is 29.3. The number of esters is 1. The van der Waals surface area contributed by atoms with E-state index in [4.69, 9.17) is 21.1 Å². The Morgan fingerprint density at radius 3 is 2.42 bits per heavy atom. The second-order valence-electron chi connectivity index (χ2n) is 13.1. The van der Waals surface area contributed by atoms with Crippen molar-refractivity contribution in [3.8, 4) is 0 Å². The van der Waals surface area contributed by atoms with Gasteiger partial charge in [-0.05, 0) is 43.0 Å². The lowest BCUT2D eigenvalue weighted by Gasteiger charge is -2.40. The highest BCUT2D eigenvalue weighted by Crippen LogP contribution is 2.59. The molecule has 10 nitrogen and oxygen atoms in total. The molecule has 4 aliphatic heterocycles. The minimum Gasteiger partial charge on any atom is -0.455 e. The maximum Gasteiger partial charge on any atom is 0.313 e. The van der Waals surface area contributed by atoms with Crippen molar-refractivity contribution in [3.05, 3.63) is 87.9 Å². The number of benzene rings is 2. The molecule has 3 amide bonds. The van der Waals surface area contributed by atoms with E-state index in [1.54, 1.807) is 43.3 Å². The van der Waals surface area contributed by atoms with Crippen molar-refractivity contribution in [1.82, 2.24) is 10.2 Å². The van der Waals surface area contributed by atoms with E-state index in [2.05, 4.69) is 21.2 Å². The Morgan fingerprint density at radius 2 is 1.73 bits per heavy atom. The van der Waals surface area contributed by atoms with Gasteiger partial charge in [0.2, 0.25) is 11.8 Å². The van der Waals surface area contributed by atoms with Crippen LogP contribution in [0.1, 0.15) is 45.3 Å². The van der Waals surface area contributed by atoms with E-state index in [1.807, 2.05) is 50.3 Å². The van der Waals surface area contributed by atoms with Crippen LogP contribution in [0, 0.1) is 17.8 Å². The lowest BCUT2D eigenvalue weighted by atomic mass is 9.74. The van der Waals surface area contributed by atoms with Crippen molar-refractivity contribution in [3.63, 3.8) is 0 Å². The lowest BCUT2D eigenvalue weighted by molar-refractivity contribution is -0.162. The summed E-state index contributed by atoms with van der Waals surface area (Å²) in [6.07, 6.45) is 4.15. The number of aliphatic hydroxyl groups is 1. The van der Waals surface area contributed by atoms with Crippen molar-refractivity contribution in [1.29, 1.82) is 0 Å². The summed E-state index contributed by atoms with van der Waals surface area (Å²) in [6, 6.07) is 13.4. The largest absolute Gasteiger partial charge is 0.455 e. The molecule has 254 valence electrons. The molecule has 0 unspecified atom stereocenters. The lowest BCUT2D eigenvalue weighted by Crippen LogP contribution is -2.59. The molecule has 4 aliphatic rings. The predicted molar refractivity (Wildman–Crippen MR) is 183 cm³/mol. The van der Waals surface area contributed by atoms with Crippen molar-refractivity contribution >= 4 is 56.9 Å². The molecule has 2 aromatic rings. The number of anilines is 1. The fourth-order valence-electron chi connectivity index (χ4n) is 7.53. The molecule has 48 heavy (non-hydrogen) atoms. The number of aliphatic hydroxyl groups excluding tert-OH is 1. The Bertz CT molecular complexity index is 1650. The smallest absolute Gasteiger partial charge is 0.313 e. The van der Waals surface area contributed by atoms with Gasteiger partial charge in [-0.1, -0.05) is 96.0 Å². The average Bonchev–Trinajstić information content (AvgIpc) is 3.65. The number of carbonyl (C=O) groups excluding carboxylic acids is 4. The maximum absolute atomic E-state index is 15.0. The van der Waals surface area contributed by atoms with Gasteiger partial charge < -0.3 is 29.7 Å². The molecule has 0 aromatic heterocycles. The van der Waals surface area contributed by atoms with Gasteiger partial charge in [-0.15, -0.1) is 0 Å². The highest BCUT2D eigenvalue weighted by atomic mass is 79.9. The number of para-hydroxylation sites is 1. The molecular formula is C36H39BrClN3O7. The summed E-state index contributed by atoms with van der Waals surface area (Å²) in [6.45, 7) is 5.18. The minimum atomic E-state index is -1.54. The van der Waals surface area contributed by atoms with E-state index < -0.39 is 72.2 Å². The van der Waals surface area contributed by atoms with Crippen LogP contribution >= 0.6 is 27.5 Å². The molecule has 12 heteroatoms. The SMILES string of the molecule is CC(C)[C@H](CO)N1C(=O)[C@@H]2[C@H]3C(=O)O[C@@H](c4ccccc4)[C@H](C)NC(=O)CC/C=C\CN(c4ccccc4Cl)C(=O)[C@@H]1[C@]21C=C(Br)[C@H]3O1. The first kappa shape index (κ1) is 34.4. The number of halogens is 2. The second kappa shape index (κ2) is 13.8. The number of hydrogen-bond acceptors (Lipinski definition) is 7. The topological polar surface area (TPSA) is 125 Å². The summed E-state index contributed by atoms with van der Waals surface area (Å²) in [7, 11) is 0. The Morgan fingerprint density at radius 1 is 1.02 bits per heavy atom. The van der Waals surface area contributed by atoms with E-state index in [0.29, 0.717) is 27.2 Å². The van der Waals surface area contributed by atoms with Crippen molar-refractivity contribution in [2.24, 2.45) is 17.8 Å². The van der Waals surface area contributed by atoms with Crippen LogP contribution < -0.4 is 10.2 Å². The van der Waals surface area contributed by atoms with Gasteiger partial charge in [0.1, 0.15) is 29.8 Å². The van der Waals surface area contributed by atoms with E-state index >= 15 is 4.79 Å². The molecule has 5 bridgehead atoms. The number of fused-ring (bicyclic) bond motifs is 2. The molecule has 2 aromatic carbocycles. The van der Waals surface area contributed by atoms with Crippen molar-refractivity contribution in [2.75, 3.05) is 18.1 Å².